The predicted molar refractivity (Wildman–Crippen MR) is 89.6 cm³/mol. The Kier molecular flexibility index (Phi) is 5.39. The van der Waals surface area contributed by atoms with Gasteiger partial charge in [-0.05, 0) is 44.5 Å². The lowest BCUT2D eigenvalue weighted by atomic mass is 9.99. The average Bonchev–Trinajstić information content (AvgIpc) is 3.01. The van der Waals surface area contributed by atoms with Crippen LogP contribution in [0.4, 0.5) is 4.79 Å². The zero-order valence-corrected chi connectivity index (χ0v) is 13.8. The molecule has 0 spiro atoms. The number of nitrogens with two attached hydrogens (primary N) is 1. The molecule has 23 heavy (non-hydrogen) atoms. The first kappa shape index (κ1) is 17.0. The van der Waals surface area contributed by atoms with E-state index in [1.807, 2.05) is 57.3 Å². The smallest absolute Gasteiger partial charge is 0.407 e. The molecule has 0 aliphatic rings. The van der Waals surface area contributed by atoms with Gasteiger partial charge in [0.15, 0.2) is 0 Å². The van der Waals surface area contributed by atoms with E-state index in [2.05, 4.69) is 10.4 Å². The van der Waals surface area contributed by atoms with Crippen molar-refractivity contribution in [3.63, 3.8) is 0 Å². The number of carbonyl (C=O) groups is 1. The maximum atomic E-state index is 11.7. The molecule has 0 saturated carbocycles. The second-order valence-electron chi connectivity index (χ2n) is 6.36. The molecule has 0 aliphatic heterocycles. The van der Waals surface area contributed by atoms with Crippen LogP contribution in [0.25, 0.3) is 5.69 Å². The van der Waals surface area contributed by atoms with Crippen molar-refractivity contribution in [3.8, 4) is 5.69 Å². The van der Waals surface area contributed by atoms with Crippen LogP contribution < -0.4 is 11.1 Å². The minimum atomic E-state index is -0.506. The Morgan fingerprint density at radius 3 is 2.57 bits per heavy atom. The maximum Gasteiger partial charge on any atom is 0.407 e. The molecule has 124 valence electrons. The number of alkyl carbamates (subject to hydrolysis) is 1. The summed E-state index contributed by atoms with van der Waals surface area (Å²) in [6.07, 6.45) is 3.20. The van der Waals surface area contributed by atoms with Gasteiger partial charge in [0, 0.05) is 31.4 Å². The number of hydrogen-bond acceptors (Lipinski definition) is 4. The number of carbonyl (C=O) groups excluding carboxylic acids is 1. The van der Waals surface area contributed by atoms with Gasteiger partial charge in [-0.3, -0.25) is 0 Å². The van der Waals surface area contributed by atoms with Crippen LogP contribution in [0.1, 0.15) is 32.3 Å². The highest BCUT2D eigenvalue weighted by Crippen LogP contribution is 2.17. The minimum Gasteiger partial charge on any atom is -0.444 e. The highest BCUT2D eigenvalue weighted by molar-refractivity contribution is 5.67. The summed E-state index contributed by atoms with van der Waals surface area (Å²) < 4.78 is 7.03. The number of amides is 1. The maximum absolute atomic E-state index is 11.7. The first-order valence-electron chi connectivity index (χ1n) is 7.66. The van der Waals surface area contributed by atoms with Crippen molar-refractivity contribution in [3.05, 3.63) is 48.3 Å². The molecule has 2 rings (SSSR count). The molecule has 0 saturated heterocycles. The van der Waals surface area contributed by atoms with Crippen molar-refractivity contribution in [2.45, 2.75) is 32.3 Å². The first-order chi connectivity index (χ1) is 10.9. The van der Waals surface area contributed by atoms with Crippen LogP contribution in [0.5, 0.6) is 0 Å². The Labute approximate surface area is 136 Å². The third-order valence-electron chi connectivity index (χ3n) is 3.31. The Bertz CT molecular complexity index is 615. The lowest BCUT2D eigenvalue weighted by Gasteiger charge is -2.21. The van der Waals surface area contributed by atoms with Crippen molar-refractivity contribution in [2.24, 2.45) is 5.73 Å². The van der Waals surface area contributed by atoms with E-state index in [4.69, 9.17) is 10.5 Å². The lowest BCUT2D eigenvalue weighted by molar-refractivity contribution is 0.0525. The molecule has 1 aromatic heterocycles. The van der Waals surface area contributed by atoms with E-state index < -0.39 is 11.7 Å². The third kappa shape index (κ3) is 5.10. The number of rotatable bonds is 5. The lowest BCUT2D eigenvalue weighted by Crippen LogP contribution is -2.36. The Morgan fingerprint density at radius 2 is 2.04 bits per heavy atom. The standard InChI is InChI=1S/C17H24N4O2/c1-17(2,3)23-16(22)19-12-14(11-18)13-5-7-15(8-6-13)21-10-4-9-20-21/h4-10,14H,11-12,18H2,1-3H3,(H,19,22). The molecule has 0 bridgehead atoms. The van der Waals surface area contributed by atoms with Crippen LogP contribution in [0.2, 0.25) is 0 Å². The largest absolute Gasteiger partial charge is 0.444 e. The Morgan fingerprint density at radius 1 is 1.35 bits per heavy atom. The normalized spacial score (nSPS) is 12.7. The van der Waals surface area contributed by atoms with Gasteiger partial charge in [0.05, 0.1) is 5.69 Å². The second kappa shape index (κ2) is 7.28. The summed E-state index contributed by atoms with van der Waals surface area (Å²) in [7, 11) is 0. The summed E-state index contributed by atoms with van der Waals surface area (Å²) in [5.74, 6) is 0.0363. The van der Waals surface area contributed by atoms with E-state index in [0.29, 0.717) is 13.1 Å². The molecule has 1 aromatic carbocycles. The van der Waals surface area contributed by atoms with Crippen molar-refractivity contribution in [1.29, 1.82) is 0 Å². The zero-order valence-electron chi connectivity index (χ0n) is 13.8. The van der Waals surface area contributed by atoms with Gasteiger partial charge >= 0.3 is 6.09 Å². The molecular formula is C17H24N4O2. The van der Waals surface area contributed by atoms with Gasteiger partial charge in [-0.1, -0.05) is 12.1 Å². The van der Waals surface area contributed by atoms with Crippen molar-refractivity contribution in [1.82, 2.24) is 15.1 Å². The molecule has 6 heteroatoms. The Balaban J connectivity index is 1.96. The number of nitrogens with one attached hydrogen (secondary N) is 1. The molecule has 1 unspecified atom stereocenters. The van der Waals surface area contributed by atoms with E-state index in [-0.39, 0.29) is 5.92 Å². The topological polar surface area (TPSA) is 82.2 Å². The molecule has 0 aliphatic carbocycles. The molecule has 3 N–H and O–H groups in total. The summed E-state index contributed by atoms with van der Waals surface area (Å²) in [6.45, 7) is 6.38. The summed E-state index contributed by atoms with van der Waals surface area (Å²) in [6, 6.07) is 9.86. The molecule has 1 atom stereocenters. The Hall–Kier alpha value is -2.34. The van der Waals surface area contributed by atoms with Gasteiger partial charge in [0.1, 0.15) is 5.60 Å². The molecule has 1 amide bonds. The van der Waals surface area contributed by atoms with E-state index in [1.54, 1.807) is 10.9 Å². The van der Waals surface area contributed by atoms with Crippen LogP contribution in [0.15, 0.2) is 42.7 Å². The second-order valence-corrected chi connectivity index (χ2v) is 6.36. The van der Waals surface area contributed by atoms with E-state index in [0.717, 1.165) is 11.3 Å². The fourth-order valence-corrected chi connectivity index (χ4v) is 2.18. The van der Waals surface area contributed by atoms with E-state index in [9.17, 15) is 4.79 Å². The van der Waals surface area contributed by atoms with Gasteiger partial charge in [-0.25, -0.2) is 9.48 Å². The number of aromatic nitrogens is 2. The molecule has 0 radical (unpaired) electrons. The zero-order chi connectivity index (χ0) is 16.9. The number of hydrogen-bond donors (Lipinski definition) is 2. The van der Waals surface area contributed by atoms with Gasteiger partial charge in [0.25, 0.3) is 0 Å². The summed E-state index contributed by atoms with van der Waals surface area (Å²) in [4.78, 5) is 11.7. The van der Waals surface area contributed by atoms with Crippen LogP contribution in [-0.2, 0) is 4.74 Å². The number of ether oxygens (including phenoxy) is 1. The molecular weight excluding hydrogens is 292 g/mol. The summed E-state index contributed by atoms with van der Waals surface area (Å²) in [5, 5.41) is 6.97. The van der Waals surface area contributed by atoms with Gasteiger partial charge in [-0.15, -0.1) is 0 Å². The van der Waals surface area contributed by atoms with Gasteiger partial charge in [-0.2, -0.15) is 5.10 Å². The highest BCUT2D eigenvalue weighted by Gasteiger charge is 2.17. The van der Waals surface area contributed by atoms with Crippen molar-refractivity contribution >= 4 is 6.09 Å². The molecule has 0 fully saturated rings. The number of nitrogens with zero attached hydrogens (tertiary/aromatic N) is 2. The van der Waals surface area contributed by atoms with Crippen LogP contribution >= 0.6 is 0 Å². The minimum absolute atomic E-state index is 0.0363. The molecule has 1 heterocycles. The predicted octanol–water partition coefficient (Wildman–Crippen LogP) is 2.44. The third-order valence-corrected chi connectivity index (χ3v) is 3.31. The molecule has 6 nitrogen and oxygen atoms in total. The fraction of sp³-hybridized carbons (Fsp3) is 0.412. The van der Waals surface area contributed by atoms with Gasteiger partial charge in [0.2, 0.25) is 0 Å². The average molecular weight is 316 g/mol. The quantitative estimate of drug-likeness (QED) is 0.887. The van der Waals surface area contributed by atoms with E-state index in [1.165, 1.54) is 0 Å². The number of benzene rings is 1. The van der Waals surface area contributed by atoms with Crippen LogP contribution in [-0.4, -0.2) is 34.6 Å². The SMILES string of the molecule is CC(C)(C)OC(=O)NCC(CN)c1ccc(-n2cccn2)cc1. The highest BCUT2D eigenvalue weighted by atomic mass is 16.6. The van der Waals surface area contributed by atoms with Gasteiger partial charge < -0.3 is 15.8 Å². The van der Waals surface area contributed by atoms with E-state index >= 15 is 0 Å². The first-order valence-corrected chi connectivity index (χ1v) is 7.66. The summed E-state index contributed by atoms with van der Waals surface area (Å²) >= 11 is 0. The van der Waals surface area contributed by atoms with Crippen molar-refractivity contribution in [2.75, 3.05) is 13.1 Å². The fourth-order valence-electron chi connectivity index (χ4n) is 2.18. The van der Waals surface area contributed by atoms with Crippen LogP contribution in [0, 0.1) is 0 Å². The summed E-state index contributed by atoms with van der Waals surface area (Å²) in [5.41, 5.74) is 7.39. The monoisotopic (exact) mass is 316 g/mol. The molecule has 2 aromatic rings. The van der Waals surface area contributed by atoms with Crippen molar-refractivity contribution < 1.29 is 9.53 Å². The van der Waals surface area contributed by atoms with Crippen LogP contribution in [0.3, 0.4) is 0 Å².